The molecule has 0 bridgehead atoms. The van der Waals surface area contributed by atoms with Crippen molar-refractivity contribution in [2.45, 2.75) is 19.6 Å². The zero-order chi connectivity index (χ0) is 13.9. The van der Waals surface area contributed by atoms with E-state index < -0.39 is 6.10 Å². The van der Waals surface area contributed by atoms with Crippen LogP contribution in [0.15, 0.2) is 36.0 Å². The highest BCUT2D eigenvalue weighted by Gasteiger charge is 2.09. The van der Waals surface area contributed by atoms with Crippen LogP contribution in [0.5, 0.6) is 0 Å². The molecule has 102 valence electrons. The summed E-state index contributed by atoms with van der Waals surface area (Å²) in [4.78, 5) is 8.81. The highest BCUT2D eigenvalue weighted by Crippen LogP contribution is 2.21. The Hall–Kier alpha value is -2.12. The number of aromatic nitrogens is 5. The topological polar surface area (TPSA) is 76.7 Å². The first-order valence-corrected chi connectivity index (χ1v) is 7.04. The molecule has 3 rings (SSSR count). The van der Waals surface area contributed by atoms with E-state index in [9.17, 15) is 5.11 Å². The number of hydrogen-bond acceptors (Lipinski definition) is 6. The number of thiazole rings is 1. The van der Waals surface area contributed by atoms with Crippen LogP contribution in [0.1, 0.15) is 24.4 Å². The second-order valence-electron chi connectivity index (χ2n) is 4.38. The van der Waals surface area contributed by atoms with Crippen molar-refractivity contribution >= 4 is 11.3 Å². The van der Waals surface area contributed by atoms with Gasteiger partial charge < -0.3 is 5.11 Å². The summed E-state index contributed by atoms with van der Waals surface area (Å²) in [5, 5.41) is 20.2. The quantitative estimate of drug-likeness (QED) is 0.793. The normalized spacial score (nSPS) is 12.5. The molecule has 0 aliphatic heterocycles. The van der Waals surface area contributed by atoms with Gasteiger partial charge in [0.2, 0.25) is 0 Å². The summed E-state index contributed by atoms with van der Waals surface area (Å²) in [7, 11) is 0. The average molecular weight is 287 g/mol. The van der Waals surface area contributed by atoms with Crippen LogP contribution in [0.2, 0.25) is 0 Å². The molecular formula is C13H13N5OS. The van der Waals surface area contributed by atoms with E-state index in [4.69, 9.17) is 0 Å². The third-order valence-electron chi connectivity index (χ3n) is 2.74. The molecule has 0 radical (unpaired) electrons. The molecule has 0 spiro atoms. The second-order valence-corrected chi connectivity index (χ2v) is 5.23. The van der Waals surface area contributed by atoms with Crippen molar-refractivity contribution in [1.82, 2.24) is 25.0 Å². The van der Waals surface area contributed by atoms with Crippen LogP contribution in [0.4, 0.5) is 0 Å². The lowest BCUT2D eigenvalue weighted by Crippen LogP contribution is -2.00. The Morgan fingerprint density at radius 3 is 3.00 bits per heavy atom. The molecule has 3 heterocycles. The van der Waals surface area contributed by atoms with Crippen molar-refractivity contribution in [2.24, 2.45) is 0 Å². The fourth-order valence-corrected chi connectivity index (χ4v) is 2.52. The van der Waals surface area contributed by atoms with E-state index in [1.807, 2.05) is 23.6 Å². The number of aliphatic hydroxyl groups is 1. The number of pyridine rings is 1. The molecule has 1 unspecified atom stereocenters. The summed E-state index contributed by atoms with van der Waals surface area (Å²) in [6.07, 6.45) is 2.87. The Morgan fingerprint density at radius 1 is 1.40 bits per heavy atom. The molecule has 0 amide bonds. The van der Waals surface area contributed by atoms with Gasteiger partial charge in [-0.15, -0.1) is 16.4 Å². The monoisotopic (exact) mass is 287 g/mol. The van der Waals surface area contributed by atoms with Gasteiger partial charge in [-0.3, -0.25) is 4.98 Å². The highest BCUT2D eigenvalue weighted by atomic mass is 32.1. The van der Waals surface area contributed by atoms with Gasteiger partial charge in [0.05, 0.1) is 30.2 Å². The van der Waals surface area contributed by atoms with Gasteiger partial charge in [0, 0.05) is 11.6 Å². The summed E-state index contributed by atoms with van der Waals surface area (Å²) >= 11 is 1.55. The van der Waals surface area contributed by atoms with E-state index >= 15 is 0 Å². The first-order chi connectivity index (χ1) is 9.72. The summed E-state index contributed by atoms with van der Waals surface area (Å²) < 4.78 is 1.67. The predicted octanol–water partition coefficient (Wildman–Crippen LogP) is 1.90. The molecule has 0 saturated carbocycles. The maximum atomic E-state index is 9.42. The largest absolute Gasteiger partial charge is 0.387 e. The molecule has 3 aromatic heterocycles. The number of nitrogens with zero attached hydrogens (tertiary/aromatic N) is 5. The average Bonchev–Trinajstić information content (AvgIpc) is 3.10. The third kappa shape index (κ3) is 2.73. The molecule has 1 atom stereocenters. The zero-order valence-corrected chi connectivity index (χ0v) is 11.7. The Morgan fingerprint density at radius 2 is 2.30 bits per heavy atom. The van der Waals surface area contributed by atoms with Crippen LogP contribution >= 0.6 is 11.3 Å². The van der Waals surface area contributed by atoms with Gasteiger partial charge in [-0.2, -0.15) is 0 Å². The molecule has 0 aliphatic rings. The van der Waals surface area contributed by atoms with Gasteiger partial charge in [-0.1, -0.05) is 11.3 Å². The van der Waals surface area contributed by atoms with Crippen molar-refractivity contribution in [2.75, 3.05) is 0 Å². The number of rotatable bonds is 4. The predicted molar refractivity (Wildman–Crippen MR) is 75.1 cm³/mol. The van der Waals surface area contributed by atoms with Crippen molar-refractivity contribution in [1.29, 1.82) is 0 Å². The maximum absolute atomic E-state index is 9.42. The van der Waals surface area contributed by atoms with E-state index in [0.29, 0.717) is 12.2 Å². The molecule has 6 nitrogen and oxygen atoms in total. The standard InChI is InChI=1S/C13H13N5OS/c1-9(19)12-7-18(17-16-12)6-10-8-20-13(15-10)11-4-2-3-5-14-11/h2-5,7-9,19H,6H2,1H3. The lowest BCUT2D eigenvalue weighted by Gasteiger charge is -1.97. The van der Waals surface area contributed by atoms with E-state index in [0.717, 1.165) is 16.4 Å². The van der Waals surface area contributed by atoms with Gasteiger partial charge >= 0.3 is 0 Å². The molecule has 0 saturated heterocycles. The van der Waals surface area contributed by atoms with E-state index in [2.05, 4.69) is 20.3 Å². The van der Waals surface area contributed by atoms with Crippen LogP contribution < -0.4 is 0 Å². The van der Waals surface area contributed by atoms with Gasteiger partial charge in [0.15, 0.2) is 0 Å². The summed E-state index contributed by atoms with van der Waals surface area (Å²) in [5.74, 6) is 0. The minimum atomic E-state index is -0.608. The minimum absolute atomic E-state index is 0.531. The molecular weight excluding hydrogens is 274 g/mol. The number of hydrogen-bond donors (Lipinski definition) is 1. The smallest absolute Gasteiger partial charge is 0.142 e. The van der Waals surface area contributed by atoms with Gasteiger partial charge in [-0.05, 0) is 19.1 Å². The second kappa shape index (κ2) is 5.48. The first-order valence-electron chi connectivity index (χ1n) is 6.16. The highest BCUT2D eigenvalue weighted by molar-refractivity contribution is 7.13. The van der Waals surface area contributed by atoms with Crippen molar-refractivity contribution < 1.29 is 5.11 Å². The van der Waals surface area contributed by atoms with Crippen LogP contribution in [0.25, 0.3) is 10.7 Å². The van der Waals surface area contributed by atoms with Crippen molar-refractivity contribution in [3.63, 3.8) is 0 Å². The summed E-state index contributed by atoms with van der Waals surface area (Å²) in [6, 6.07) is 5.75. The molecule has 7 heteroatoms. The van der Waals surface area contributed by atoms with Gasteiger partial charge in [0.25, 0.3) is 0 Å². The molecule has 0 aromatic carbocycles. The summed E-state index contributed by atoms with van der Waals surface area (Å²) in [5.41, 5.74) is 2.33. The van der Waals surface area contributed by atoms with Gasteiger partial charge in [-0.25, -0.2) is 9.67 Å². The number of aliphatic hydroxyl groups excluding tert-OH is 1. The maximum Gasteiger partial charge on any atom is 0.142 e. The van der Waals surface area contributed by atoms with Crippen LogP contribution in [-0.2, 0) is 6.54 Å². The van der Waals surface area contributed by atoms with Crippen LogP contribution in [0, 0.1) is 0 Å². The van der Waals surface area contributed by atoms with Gasteiger partial charge in [0.1, 0.15) is 10.7 Å². The van der Waals surface area contributed by atoms with Crippen molar-refractivity contribution in [3.8, 4) is 10.7 Å². The zero-order valence-electron chi connectivity index (χ0n) is 10.8. The molecule has 0 aliphatic carbocycles. The lowest BCUT2D eigenvalue weighted by molar-refractivity contribution is 0.194. The van der Waals surface area contributed by atoms with Crippen LogP contribution in [0.3, 0.4) is 0 Å². The van der Waals surface area contributed by atoms with E-state index in [-0.39, 0.29) is 0 Å². The molecule has 0 fully saturated rings. The fraction of sp³-hybridized carbons (Fsp3) is 0.231. The fourth-order valence-electron chi connectivity index (χ4n) is 1.73. The van der Waals surface area contributed by atoms with Crippen LogP contribution in [-0.4, -0.2) is 30.1 Å². The Bertz CT molecular complexity index is 692. The van der Waals surface area contributed by atoms with E-state index in [1.54, 1.807) is 35.3 Å². The van der Waals surface area contributed by atoms with E-state index in [1.165, 1.54) is 0 Å². The SMILES string of the molecule is CC(O)c1cn(Cc2csc(-c3ccccn3)n2)nn1. The summed E-state index contributed by atoms with van der Waals surface area (Å²) in [6.45, 7) is 2.19. The Balaban J connectivity index is 1.77. The molecule has 3 aromatic rings. The van der Waals surface area contributed by atoms with Crippen molar-refractivity contribution in [3.05, 3.63) is 47.4 Å². The first kappa shape index (κ1) is 12.9. The lowest BCUT2D eigenvalue weighted by atomic mass is 10.3. The minimum Gasteiger partial charge on any atom is -0.387 e. The molecule has 1 N–H and O–H groups in total. The Kier molecular flexibility index (Phi) is 3.53. The molecule has 20 heavy (non-hydrogen) atoms. The third-order valence-corrected chi connectivity index (χ3v) is 3.66. The Labute approximate surface area is 119 Å².